The van der Waals surface area contributed by atoms with Crippen LogP contribution in [0.2, 0.25) is 0 Å². The minimum absolute atomic E-state index is 0.0923. The van der Waals surface area contributed by atoms with Gasteiger partial charge in [0.15, 0.2) is 0 Å². The second-order valence-corrected chi connectivity index (χ2v) is 19.5. The summed E-state index contributed by atoms with van der Waals surface area (Å²) in [7, 11) is 0. The number of alkyl halides is 6. The van der Waals surface area contributed by atoms with E-state index in [4.69, 9.17) is 11.0 Å². The number of urea groups is 1. The van der Waals surface area contributed by atoms with Gasteiger partial charge in [-0.15, -0.1) is 26.3 Å². The lowest BCUT2D eigenvalue weighted by Gasteiger charge is -2.41. The van der Waals surface area contributed by atoms with Crippen molar-refractivity contribution in [2.24, 2.45) is 17.6 Å². The number of nitrogens with one attached hydrogen (secondary N) is 2. The zero-order chi connectivity index (χ0) is 53.1. The van der Waals surface area contributed by atoms with Gasteiger partial charge in [0.2, 0.25) is 0 Å². The Morgan fingerprint density at radius 1 is 0.662 bits per heavy atom. The first-order valence-electron chi connectivity index (χ1n) is 25.6. The van der Waals surface area contributed by atoms with Crippen molar-refractivity contribution in [3.05, 3.63) is 119 Å². The van der Waals surface area contributed by atoms with Crippen molar-refractivity contribution in [2.75, 3.05) is 88.3 Å². The molecule has 0 unspecified atom stereocenters. The predicted octanol–water partition coefficient (Wildman–Crippen LogP) is 9.48. The molecule has 4 aromatic carbocycles. The number of nitrogens with two attached hydrogens (primary N) is 1. The molecule has 8 rings (SSSR count). The van der Waals surface area contributed by atoms with Crippen molar-refractivity contribution in [1.29, 1.82) is 10.5 Å². The molecule has 4 saturated heterocycles. The number of likely N-dealkylation sites (tertiary alicyclic amines) is 2. The van der Waals surface area contributed by atoms with Gasteiger partial charge >= 0.3 is 18.8 Å². The van der Waals surface area contributed by atoms with Crippen molar-refractivity contribution < 1.29 is 40.6 Å². The van der Waals surface area contributed by atoms with Crippen molar-refractivity contribution in [2.45, 2.75) is 90.3 Å². The summed E-state index contributed by atoms with van der Waals surface area (Å²) < 4.78 is 82.2. The summed E-state index contributed by atoms with van der Waals surface area (Å²) >= 11 is 0. The molecule has 0 aliphatic carbocycles. The number of carbonyl (C=O) groups is 1. The number of halogens is 6. The molecule has 4 heterocycles. The van der Waals surface area contributed by atoms with E-state index in [1.165, 1.54) is 67.7 Å². The van der Waals surface area contributed by atoms with Crippen molar-refractivity contribution in [3.63, 3.8) is 0 Å². The third-order valence-corrected chi connectivity index (χ3v) is 13.9. The molecule has 13 nitrogen and oxygen atoms in total. The van der Waals surface area contributed by atoms with Crippen LogP contribution >= 0.6 is 0 Å². The van der Waals surface area contributed by atoms with Crippen LogP contribution in [0.1, 0.15) is 74.6 Å². The monoisotopic (exact) mass is 1030 g/mol. The number of amides is 2. The molecule has 0 bridgehead atoms. The number of hydrogen-bond acceptors (Lipinski definition) is 11. The standard InChI is InChI=1S/C28H34F3N5O2.C14H22N2.C13H14F3N3O/c1-21-19-35(25-7-8-26(24(17-25)18-32)38-28(29,30)31)15-16-36(21)27(37)33-12-9-22-10-13-34(14-11-22)20-23-5-3-2-4-6-23;15-9-6-13-7-10-16(11-8-13)12-14-4-2-1-3-5-14;1-9-8-19(5-4-18-9)11-2-3-12(10(6-11)7-17)20-13(14,15)16/h2-8,17,21-22H,9-16,19-20H2,1H3,(H,33,37);1-5,13H,6-12,15H2;2-3,6,9,18H,4-5,8H2,1H3/t21-;;9-/m1.1/s1. The van der Waals surface area contributed by atoms with Gasteiger partial charge in [0.25, 0.3) is 0 Å². The van der Waals surface area contributed by atoms with Gasteiger partial charge in [0.05, 0.1) is 11.1 Å². The van der Waals surface area contributed by atoms with E-state index in [9.17, 15) is 36.4 Å². The van der Waals surface area contributed by atoms with Gasteiger partial charge in [-0.1, -0.05) is 60.7 Å². The first-order valence-corrected chi connectivity index (χ1v) is 25.6. The summed E-state index contributed by atoms with van der Waals surface area (Å²) in [6.07, 6.45) is -2.57. The molecule has 400 valence electrons. The van der Waals surface area contributed by atoms with Crippen LogP contribution in [-0.4, -0.2) is 124 Å². The number of ether oxygens (including phenoxy) is 2. The zero-order valence-corrected chi connectivity index (χ0v) is 42.4. The lowest BCUT2D eigenvalue weighted by molar-refractivity contribution is -0.275. The highest BCUT2D eigenvalue weighted by Crippen LogP contribution is 2.32. The number of nitrogens with zero attached hydrogens (tertiary/aromatic N) is 7. The third-order valence-electron chi connectivity index (χ3n) is 13.9. The van der Waals surface area contributed by atoms with Gasteiger partial charge < -0.3 is 40.5 Å². The maximum atomic E-state index is 12.8. The summed E-state index contributed by atoms with van der Waals surface area (Å²) in [6, 6.07) is 33.1. The van der Waals surface area contributed by atoms with Crippen LogP contribution in [0.25, 0.3) is 0 Å². The number of nitriles is 2. The van der Waals surface area contributed by atoms with Gasteiger partial charge in [-0.25, -0.2) is 4.79 Å². The molecule has 2 atom stereocenters. The highest BCUT2D eigenvalue weighted by molar-refractivity contribution is 5.75. The highest BCUT2D eigenvalue weighted by atomic mass is 19.4. The van der Waals surface area contributed by atoms with Crippen molar-refractivity contribution >= 4 is 17.4 Å². The quantitative estimate of drug-likeness (QED) is 0.110. The molecule has 0 aromatic heterocycles. The smallest absolute Gasteiger partial charge is 0.404 e. The normalized spacial score (nSPS) is 19.2. The molecule has 4 aromatic rings. The Hall–Kier alpha value is -6.25. The molecule has 74 heavy (non-hydrogen) atoms. The van der Waals surface area contributed by atoms with E-state index in [0.717, 1.165) is 89.3 Å². The molecule has 4 aliphatic rings. The Labute approximate surface area is 431 Å². The van der Waals surface area contributed by atoms with Gasteiger partial charge in [-0.3, -0.25) is 9.80 Å². The van der Waals surface area contributed by atoms with Crippen LogP contribution in [0.3, 0.4) is 0 Å². The van der Waals surface area contributed by atoms with E-state index in [-0.39, 0.29) is 23.2 Å². The summed E-state index contributed by atoms with van der Waals surface area (Å²) in [4.78, 5) is 23.7. The molecule has 4 aliphatic heterocycles. The number of rotatable bonds is 13. The van der Waals surface area contributed by atoms with Crippen molar-refractivity contribution in [1.82, 2.24) is 25.3 Å². The molecule has 2 amide bonds. The van der Waals surface area contributed by atoms with Gasteiger partial charge in [0.1, 0.15) is 23.6 Å². The van der Waals surface area contributed by atoms with Crippen LogP contribution in [0.5, 0.6) is 11.5 Å². The van der Waals surface area contributed by atoms with E-state index >= 15 is 0 Å². The fraction of sp³-hybridized carbons (Fsp3) is 0.509. The topological polar surface area (TPSA) is 149 Å². The number of benzene rings is 4. The average molecular weight is 1030 g/mol. The summed E-state index contributed by atoms with van der Waals surface area (Å²) in [5.41, 5.74) is 9.42. The van der Waals surface area contributed by atoms with Gasteiger partial charge in [0, 0.05) is 82.4 Å². The number of carbonyl (C=O) groups excluding carboxylic acids is 1. The van der Waals surface area contributed by atoms with Crippen LogP contribution < -0.4 is 35.6 Å². The summed E-state index contributed by atoms with van der Waals surface area (Å²) in [5, 5.41) is 24.6. The second-order valence-electron chi connectivity index (χ2n) is 19.5. The highest BCUT2D eigenvalue weighted by Gasteiger charge is 2.34. The lowest BCUT2D eigenvalue weighted by atomic mass is 9.93. The van der Waals surface area contributed by atoms with Crippen LogP contribution in [0.15, 0.2) is 97.1 Å². The van der Waals surface area contributed by atoms with Crippen LogP contribution in [0, 0.1) is 34.5 Å². The van der Waals surface area contributed by atoms with Gasteiger partial charge in [-0.2, -0.15) is 10.5 Å². The minimum atomic E-state index is -4.86. The Morgan fingerprint density at radius 2 is 1.14 bits per heavy atom. The van der Waals surface area contributed by atoms with E-state index in [1.54, 1.807) is 23.1 Å². The minimum Gasteiger partial charge on any atom is -0.404 e. The van der Waals surface area contributed by atoms with Crippen LogP contribution in [-0.2, 0) is 13.1 Å². The molecule has 0 spiro atoms. The molecule has 4 N–H and O–H groups in total. The molecular weight excluding hydrogens is 963 g/mol. The van der Waals surface area contributed by atoms with E-state index in [1.807, 2.05) is 29.7 Å². The molecule has 0 saturated carbocycles. The first kappa shape index (κ1) is 57.0. The maximum absolute atomic E-state index is 12.8. The van der Waals surface area contributed by atoms with E-state index in [2.05, 4.69) is 84.5 Å². The molecular formula is C55H70F6N10O3. The summed E-state index contributed by atoms with van der Waals surface area (Å²) in [6.45, 7) is 16.0. The zero-order valence-electron chi connectivity index (χ0n) is 42.4. The molecule has 19 heteroatoms. The SMILES string of the molecule is C[C@@H]1CN(c2ccc(OC(F)(F)F)c(C#N)c2)CCN1.C[C@@H]1CN(c2ccc(OC(F)(F)F)c(C#N)c2)CCN1C(=O)NCCC1CCN(Cc2ccccc2)CC1.NCCC1CCN(Cc2ccccc2)CC1. The van der Waals surface area contributed by atoms with Gasteiger partial charge in [-0.05, 0) is 144 Å². The fourth-order valence-electron chi connectivity index (χ4n) is 9.96. The second kappa shape index (κ2) is 27.9. The number of piperazine rings is 2. The third kappa shape index (κ3) is 18.6. The van der Waals surface area contributed by atoms with E-state index in [0.29, 0.717) is 43.8 Å². The van der Waals surface area contributed by atoms with E-state index < -0.39 is 24.2 Å². The maximum Gasteiger partial charge on any atom is 0.573 e. The predicted molar refractivity (Wildman–Crippen MR) is 274 cm³/mol. The molecule has 0 radical (unpaired) electrons. The Balaban J connectivity index is 0.000000205. The van der Waals surface area contributed by atoms with Crippen molar-refractivity contribution in [3.8, 4) is 23.6 Å². The number of piperidine rings is 2. The largest absolute Gasteiger partial charge is 0.573 e. The summed E-state index contributed by atoms with van der Waals surface area (Å²) in [5.74, 6) is 0.496. The van der Waals surface area contributed by atoms with Crippen LogP contribution in [0.4, 0.5) is 42.5 Å². The Morgan fingerprint density at radius 3 is 1.57 bits per heavy atom. The number of hydrogen-bond donors (Lipinski definition) is 3. The molecule has 4 fully saturated rings. The fourth-order valence-corrected chi connectivity index (χ4v) is 9.96. The Bertz CT molecular complexity index is 2420. The number of anilines is 2. The average Bonchev–Trinajstić information content (AvgIpc) is 3.38. The lowest BCUT2D eigenvalue weighted by Crippen LogP contribution is -2.56. The first-order chi connectivity index (χ1) is 35.5. The Kier molecular flexibility index (Phi) is 21.5.